The number of carbonyl (C=O) groups excluding carboxylic acids is 1. The van der Waals surface area contributed by atoms with Crippen molar-refractivity contribution in [2.24, 2.45) is 0 Å². The van der Waals surface area contributed by atoms with Crippen LogP contribution in [0.4, 0.5) is 4.39 Å². The summed E-state index contributed by atoms with van der Waals surface area (Å²) in [4.78, 5) is 20.4. The second kappa shape index (κ2) is 7.40. The molecule has 0 spiro atoms. The molecule has 3 atom stereocenters. The monoisotopic (exact) mass is 348 g/mol. The summed E-state index contributed by atoms with van der Waals surface area (Å²) in [5, 5.41) is 1.49. The van der Waals surface area contributed by atoms with Crippen LogP contribution in [0.15, 0.2) is 24.3 Å². The predicted octanol–water partition coefficient (Wildman–Crippen LogP) is 2.50. The zero-order valence-corrected chi connectivity index (χ0v) is 14.4. The summed E-state index contributed by atoms with van der Waals surface area (Å²) < 4.78 is 19.5. The number of hydrogen-bond donors (Lipinski definition) is 0. The molecule has 3 aliphatic heterocycles. The van der Waals surface area contributed by atoms with E-state index in [0.29, 0.717) is 19.2 Å². The molecule has 6 heteroatoms. The SMILES string of the molecule is O=C([C@@H]1CC[C@@H]2[C@@H](CCN2Cc2cccc(F)c2)O1)N1CCCCO1. The number of amides is 1. The molecule has 1 aromatic carbocycles. The molecule has 1 aromatic rings. The van der Waals surface area contributed by atoms with Gasteiger partial charge in [0.05, 0.1) is 12.7 Å². The molecule has 0 unspecified atom stereocenters. The topological polar surface area (TPSA) is 42.0 Å². The third-order valence-corrected chi connectivity index (χ3v) is 5.46. The zero-order chi connectivity index (χ0) is 17.2. The van der Waals surface area contributed by atoms with E-state index in [2.05, 4.69) is 4.90 Å². The van der Waals surface area contributed by atoms with Crippen LogP contribution in [0.1, 0.15) is 37.7 Å². The second-order valence-corrected chi connectivity index (χ2v) is 7.18. The van der Waals surface area contributed by atoms with Crippen molar-refractivity contribution in [3.05, 3.63) is 35.6 Å². The molecule has 0 aromatic heterocycles. The first-order valence-electron chi connectivity index (χ1n) is 9.29. The Kier molecular flexibility index (Phi) is 5.01. The van der Waals surface area contributed by atoms with Crippen LogP contribution in [0, 0.1) is 5.82 Å². The van der Waals surface area contributed by atoms with Gasteiger partial charge in [-0.15, -0.1) is 0 Å². The Morgan fingerprint density at radius 1 is 1.20 bits per heavy atom. The lowest BCUT2D eigenvalue weighted by molar-refractivity contribution is -0.213. The summed E-state index contributed by atoms with van der Waals surface area (Å²) in [6.45, 7) is 2.94. The van der Waals surface area contributed by atoms with Crippen molar-refractivity contribution in [1.29, 1.82) is 0 Å². The molecular formula is C19H25FN2O3. The Balaban J connectivity index is 1.35. The molecule has 136 valence electrons. The highest BCUT2D eigenvalue weighted by molar-refractivity contribution is 5.80. The molecule has 3 aliphatic rings. The number of ether oxygens (including phenoxy) is 1. The maximum atomic E-state index is 13.4. The highest BCUT2D eigenvalue weighted by Gasteiger charge is 2.42. The van der Waals surface area contributed by atoms with Crippen LogP contribution in [0.5, 0.6) is 0 Å². The number of halogens is 1. The number of hydrogen-bond acceptors (Lipinski definition) is 4. The molecule has 5 nitrogen and oxygen atoms in total. The third kappa shape index (κ3) is 3.71. The molecule has 0 bridgehead atoms. The van der Waals surface area contributed by atoms with Crippen molar-refractivity contribution in [2.75, 3.05) is 19.7 Å². The molecule has 4 rings (SSSR count). The number of rotatable bonds is 3. The number of likely N-dealkylation sites (tertiary alicyclic amines) is 1. The fourth-order valence-electron chi connectivity index (χ4n) is 4.19. The fraction of sp³-hybridized carbons (Fsp3) is 0.632. The lowest BCUT2D eigenvalue weighted by atomic mass is 9.98. The Morgan fingerprint density at radius 3 is 2.92 bits per heavy atom. The zero-order valence-electron chi connectivity index (χ0n) is 14.4. The molecule has 3 saturated heterocycles. The van der Waals surface area contributed by atoms with Crippen LogP contribution < -0.4 is 0 Å². The van der Waals surface area contributed by atoms with E-state index in [1.807, 2.05) is 6.07 Å². The van der Waals surface area contributed by atoms with Crippen LogP contribution in [-0.2, 0) is 20.9 Å². The van der Waals surface area contributed by atoms with Crippen LogP contribution in [0.25, 0.3) is 0 Å². The van der Waals surface area contributed by atoms with Gasteiger partial charge in [0, 0.05) is 25.7 Å². The Bertz CT molecular complexity index is 620. The smallest absolute Gasteiger partial charge is 0.275 e. The molecule has 0 radical (unpaired) electrons. The predicted molar refractivity (Wildman–Crippen MR) is 90.0 cm³/mol. The normalized spacial score (nSPS) is 30.3. The van der Waals surface area contributed by atoms with Crippen molar-refractivity contribution in [3.63, 3.8) is 0 Å². The third-order valence-electron chi connectivity index (χ3n) is 5.46. The largest absolute Gasteiger partial charge is 0.363 e. The number of hydroxylamine groups is 2. The van der Waals surface area contributed by atoms with Crippen molar-refractivity contribution in [2.45, 2.75) is 56.9 Å². The minimum absolute atomic E-state index is 0.0262. The molecule has 0 N–H and O–H groups in total. The van der Waals surface area contributed by atoms with E-state index >= 15 is 0 Å². The first-order chi connectivity index (χ1) is 12.2. The van der Waals surface area contributed by atoms with E-state index in [1.54, 1.807) is 12.1 Å². The Hall–Kier alpha value is -1.50. The minimum atomic E-state index is -0.381. The number of benzene rings is 1. The second-order valence-electron chi connectivity index (χ2n) is 7.18. The number of carbonyl (C=O) groups is 1. The van der Waals surface area contributed by atoms with Crippen molar-refractivity contribution in [3.8, 4) is 0 Å². The highest BCUT2D eigenvalue weighted by atomic mass is 19.1. The molecule has 0 saturated carbocycles. The molecule has 1 amide bonds. The quantitative estimate of drug-likeness (QED) is 0.842. The maximum Gasteiger partial charge on any atom is 0.275 e. The molecular weight excluding hydrogens is 323 g/mol. The van der Waals surface area contributed by atoms with E-state index in [1.165, 1.54) is 11.1 Å². The van der Waals surface area contributed by atoms with Crippen LogP contribution in [0.3, 0.4) is 0 Å². The summed E-state index contributed by atoms with van der Waals surface area (Å²) >= 11 is 0. The van der Waals surface area contributed by atoms with Gasteiger partial charge in [0.15, 0.2) is 0 Å². The van der Waals surface area contributed by atoms with Gasteiger partial charge < -0.3 is 4.74 Å². The van der Waals surface area contributed by atoms with Gasteiger partial charge in [-0.05, 0) is 49.8 Å². The van der Waals surface area contributed by atoms with Gasteiger partial charge in [-0.3, -0.25) is 14.5 Å². The number of nitrogens with zero attached hydrogens (tertiary/aromatic N) is 2. The van der Waals surface area contributed by atoms with E-state index < -0.39 is 0 Å². The summed E-state index contributed by atoms with van der Waals surface area (Å²) in [5.74, 6) is -0.220. The van der Waals surface area contributed by atoms with E-state index in [0.717, 1.165) is 50.8 Å². The Labute approximate surface area is 147 Å². The standard InChI is InChI=1S/C19H25FN2O3/c20-15-5-3-4-14(12-15)13-21-10-8-17-16(21)6-7-18(25-17)19(23)22-9-1-2-11-24-22/h3-5,12,16-18H,1-2,6-11,13H2/t16-,17-,18+/m1/s1. The maximum absolute atomic E-state index is 13.4. The van der Waals surface area contributed by atoms with Gasteiger partial charge in [0.1, 0.15) is 11.9 Å². The summed E-state index contributed by atoms with van der Waals surface area (Å²) in [6.07, 6.45) is 4.28. The van der Waals surface area contributed by atoms with Crippen molar-refractivity contribution >= 4 is 5.91 Å². The molecule has 0 aliphatic carbocycles. The lowest BCUT2D eigenvalue weighted by Crippen LogP contribution is -2.49. The van der Waals surface area contributed by atoms with Crippen LogP contribution in [-0.4, -0.2) is 53.8 Å². The lowest BCUT2D eigenvalue weighted by Gasteiger charge is -2.37. The van der Waals surface area contributed by atoms with E-state index in [9.17, 15) is 9.18 Å². The van der Waals surface area contributed by atoms with E-state index in [-0.39, 0.29) is 23.9 Å². The first-order valence-corrected chi connectivity index (χ1v) is 9.29. The molecule has 25 heavy (non-hydrogen) atoms. The van der Waals surface area contributed by atoms with Crippen molar-refractivity contribution < 1.29 is 18.8 Å². The van der Waals surface area contributed by atoms with Crippen LogP contribution in [0.2, 0.25) is 0 Å². The van der Waals surface area contributed by atoms with Gasteiger partial charge in [0.25, 0.3) is 5.91 Å². The highest BCUT2D eigenvalue weighted by Crippen LogP contribution is 2.33. The molecule has 3 fully saturated rings. The summed E-state index contributed by atoms with van der Waals surface area (Å²) in [7, 11) is 0. The fourth-order valence-corrected chi connectivity index (χ4v) is 4.19. The Morgan fingerprint density at radius 2 is 2.12 bits per heavy atom. The molecule has 3 heterocycles. The van der Waals surface area contributed by atoms with E-state index in [4.69, 9.17) is 9.57 Å². The number of fused-ring (bicyclic) bond motifs is 1. The van der Waals surface area contributed by atoms with Gasteiger partial charge in [-0.1, -0.05) is 12.1 Å². The van der Waals surface area contributed by atoms with Crippen molar-refractivity contribution in [1.82, 2.24) is 9.96 Å². The average Bonchev–Trinajstić information content (AvgIpc) is 3.04. The van der Waals surface area contributed by atoms with Gasteiger partial charge in [-0.2, -0.15) is 0 Å². The van der Waals surface area contributed by atoms with Crippen LogP contribution >= 0.6 is 0 Å². The van der Waals surface area contributed by atoms with Gasteiger partial charge in [0.2, 0.25) is 0 Å². The first kappa shape index (κ1) is 16.9. The summed E-state index contributed by atoms with van der Waals surface area (Å²) in [6, 6.07) is 7.09. The van der Waals surface area contributed by atoms with Gasteiger partial charge in [-0.25, -0.2) is 9.45 Å². The average molecular weight is 348 g/mol. The summed E-state index contributed by atoms with van der Waals surface area (Å²) in [5.41, 5.74) is 0.987. The van der Waals surface area contributed by atoms with Gasteiger partial charge >= 0.3 is 0 Å². The minimum Gasteiger partial charge on any atom is -0.363 e.